The topological polar surface area (TPSA) is 66.8 Å². The van der Waals surface area contributed by atoms with Crippen molar-refractivity contribution in [2.75, 3.05) is 19.7 Å². The van der Waals surface area contributed by atoms with Crippen molar-refractivity contribution in [1.29, 1.82) is 0 Å². The average Bonchev–Trinajstić information content (AvgIpc) is 2.92. The van der Waals surface area contributed by atoms with Gasteiger partial charge in [0.15, 0.2) is 0 Å². The SMILES string of the molecule is O=C(O)C(F)=C1CN(C(=O)OCC2c3ccccc3-c3ccccc32)C1. The number of carboxylic acid groups (broad SMARTS) is 1. The Morgan fingerprint density at radius 3 is 2.12 bits per heavy atom. The van der Waals surface area contributed by atoms with E-state index in [0.29, 0.717) is 0 Å². The van der Waals surface area contributed by atoms with E-state index in [4.69, 9.17) is 9.84 Å². The van der Waals surface area contributed by atoms with Gasteiger partial charge in [0.05, 0.1) is 13.1 Å². The molecule has 2 aromatic carbocycles. The number of halogens is 1. The summed E-state index contributed by atoms with van der Waals surface area (Å²) in [5.41, 5.74) is 4.61. The molecule has 1 N–H and O–H groups in total. The summed E-state index contributed by atoms with van der Waals surface area (Å²) in [6.07, 6.45) is -0.561. The maximum Gasteiger partial charge on any atom is 0.410 e. The van der Waals surface area contributed by atoms with Crippen LogP contribution in [0.4, 0.5) is 9.18 Å². The number of ether oxygens (including phenoxy) is 1. The van der Waals surface area contributed by atoms with Gasteiger partial charge in [-0.3, -0.25) is 4.90 Å². The van der Waals surface area contributed by atoms with Gasteiger partial charge in [-0.05, 0) is 22.3 Å². The molecule has 1 amide bonds. The highest BCUT2D eigenvalue weighted by atomic mass is 19.1. The van der Waals surface area contributed by atoms with Crippen molar-refractivity contribution >= 4 is 12.1 Å². The van der Waals surface area contributed by atoms with Gasteiger partial charge in [-0.15, -0.1) is 0 Å². The number of carbonyl (C=O) groups is 2. The fourth-order valence-corrected chi connectivity index (χ4v) is 3.52. The Kier molecular flexibility index (Phi) is 3.95. The standard InChI is InChI=1S/C20H16FNO4/c21-18(19(23)24)12-9-22(10-12)20(25)26-11-17-15-7-3-1-5-13(15)14-6-2-4-8-16(14)17/h1-8,17H,9-11H2,(H,23,24). The van der Waals surface area contributed by atoms with Crippen LogP contribution in [0.2, 0.25) is 0 Å². The van der Waals surface area contributed by atoms with Gasteiger partial charge in [0, 0.05) is 11.5 Å². The van der Waals surface area contributed by atoms with Crippen LogP contribution in [-0.2, 0) is 9.53 Å². The van der Waals surface area contributed by atoms with E-state index in [1.54, 1.807) is 0 Å². The molecule has 0 saturated carbocycles. The molecule has 0 aromatic heterocycles. The molecule has 1 aliphatic heterocycles. The van der Waals surface area contributed by atoms with Crippen LogP contribution in [0.5, 0.6) is 0 Å². The molecule has 1 heterocycles. The molecule has 2 aromatic rings. The molecule has 0 bridgehead atoms. The molecule has 0 unspecified atom stereocenters. The zero-order valence-corrected chi connectivity index (χ0v) is 13.8. The predicted molar refractivity (Wildman–Crippen MR) is 92.4 cm³/mol. The van der Waals surface area contributed by atoms with Gasteiger partial charge in [-0.25, -0.2) is 9.59 Å². The second kappa shape index (κ2) is 6.29. The average molecular weight is 353 g/mol. The van der Waals surface area contributed by atoms with Gasteiger partial charge in [0.1, 0.15) is 6.61 Å². The summed E-state index contributed by atoms with van der Waals surface area (Å²) in [5.74, 6) is -2.83. The van der Waals surface area contributed by atoms with Crippen molar-refractivity contribution in [3.8, 4) is 11.1 Å². The van der Waals surface area contributed by atoms with Crippen LogP contribution in [-0.4, -0.2) is 41.8 Å². The summed E-state index contributed by atoms with van der Waals surface area (Å²) in [6.45, 7) is 0.0907. The molecule has 0 atom stereocenters. The third-order valence-corrected chi connectivity index (χ3v) is 4.86. The van der Waals surface area contributed by atoms with E-state index in [2.05, 4.69) is 12.1 Å². The normalized spacial score (nSPS) is 15.1. The molecule has 132 valence electrons. The number of carbonyl (C=O) groups excluding carboxylic acids is 1. The maximum absolute atomic E-state index is 13.3. The first-order chi connectivity index (χ1) is 12.6. The summed E-state index contributed by atoms with van der Waals surface area (Å²) < 4.78 is 18.7. The van der Waals surface area contributed by atoms with Gasteiger partial charge < -0.3 is 9.84 Å². The number of aliphatic carboxylic acids is 1. The largest absolute Gasteiger partial charge is 0.476 e. The Morgan fingerprint density at radius 2 is 1.58 bits per heavy atom. The molecule has 5 nitrogen and oxygen atoms in total. The van der Waals surface area contributed by atoms with Crippen molar-refractivity contribution < 1.29 is 23.8 Å². The highest BCUT2D eigenvalue weighted by molar-refractivity contribution is 5.86. The van der Waals surface area contributed by atoms with Crippen molar-refractivity contribution in [2.45, 2.75) is 5.92 Å². The van der Waals surface area contributed by atoms with E-state index in [1.165, 1.54) is 4.90 Å². The van der Waals surface area contributed by atoms with Gasteiger partial charge in [0.25, 0.3) is 0 Å². The van der Waals surface area contributed by atoms with Crippen LogP contribution in [0.15, 0.2) is 59.9 Å². The second-order valence-corrected chi connectivity index (χ2v) is 6.38. The zero-order valence-electron chi connectivity index (χ0n) is 13.8. The summed E-state index contributed by atoms with van der Waals surface area (Å²) in [7, 11) is 0. The summed E-state index contributed by atoms with van der Waals surface area (Å²) in [5, 5.41) is 8.61. The van der Waals surface area contributed by atoms with Crippen LogP contribution < -0.4 is 0 Å². The molecule has 4 rings (SSSR count). The lowest BCUT2D eigenvalue weighted by Gasteiger charge is -2.33. The third-order valence-electron chi connectivity index (χ3n) is 4.86. The smallest absolute Gasteiger partial charge is 0.410 e. The van der Waals surface area contributed by atoms with Crippen LogP contribution in [0.25, 0.3) is 11.1 Å². The number of fused-ring (bicyclic) bond motifs is 3. The van der Waals surface area contributed by atoms with Gasteiger partial charge >= 0.3 is 12.1 Å². The van der Waals surface area contributed by atoms with Crippen molar-refractivity contribution in [3.63, 3.8) is 0 Å². The number of carboxylic acids is 1. The minimum atomic E-state index is -1.60. The highest BCUT2D eigenvalue weighted by Crippen LogP contribution is 2.44. The molecule has 0 radical (unpaired) electrons. The van der Waals surface area contributed by atoms with Gasteiger partial charge in [-0.2, -0.15) is 4.39 Å². The molecule has 0 spiro atoms. The fourth-order valence-electron chi connectivity index (χ4n) is 3.52. The molecular weight excluding hydrogens is 337 g/mol. The number of rotatable bonds is 3. The summed E-state index contributed by atoms with van der Waals surface area (Å²) in [4.78, 5) is 24.0. The minimum Gasteiger partial charge on any atom is -0.476 e. The lowest BCUT2D eigenvalue weighted by molar-refractivity contribution is -0.134. The number of hydrogen-bond donors (Lipinski definition) is 1. The van der Waals surface area contributed by atoms with E-state index >= 15 is 0 Å². The van der Waals surface area contributed by atoms with Crippen LogP contribution >= 0.6 is 0 Å². The molecule has 6 heteroatoms. The number of likely N-dealkylation sites (tertiary alicyclic amines) is 1. The Balaban J connectivity index is 1.45. The monoisotopic (exact) mass is 353 g/mol. The Labute approximate surface area is 149 Å². The number of nitrogens with zero attached hydrogens (tertiary/aromatic N) is 1. The molecule has 1 saturated heterocycles. The van der Waals surface area contributed by atoms with Crippen molar-refractivity contribution in [3.05, 3.63) is 71.1 Å². The Hall–Kier alpha value is -3.15. The molecule has 26 heavy (non-hydrogen) atoms. The van der Waals surface area contributed by atoms with Crippen molar-refractivity contribution in [1.82, 2.24) is 4.90 Å². The number of hydrogen-bond acceptors (Lipinski definition) is 3. The fraction of sp³-hybridized carbons (Fsp3) is 0.200. The predicted octanol–water partition coefficient (Wildman–Crippen LogP) is 3.56. The first-order valence-corrected chi connectivity index (χ1v) is 8.27. The maximum atomic E-state index is 13.3. The van der Waals surface area contributed by atoms with Crippen LogP contribution in [0.1, 0.15) is 17.0 Å². The lowest BCUT2D eigenvalue weighted by Crippen LogP contribution is -2.46. The van der Waals surface area contributed by atoms with Crippen LogP contribution in [0, 0.1) is 0 Å². The highest BCUT2D eigenvalue weighted by Gasteiger charge is 2.33. The number of amides is 1. The minimum absolute atomic E-state index is 0.0432. The third kappa shape index (κ3) is 2.63. The molecule has 2 aliphatic rings. The van der Waals surface area contributed by atoms with Gasteiger partial charge in [-0.1, -0.05) is 48.5 Å². The van der Waals surface area contributed by atoms with E-state index in [0.717, 1.165) is 22.3 Å². The molecule has 1 fully saturated rings. The second-order valence-electron chi connectivity index (χ2n) is 6.38. The van der Waals surface area contributed by atoms with Crippen molar-refractivity contribution in [2.24, 2.45) is 0 Å². The van der Waals surface area contributed by atoms with E-state index in [9.17, 15) is 14.0 Å². The first kappa shape index (κ1) is 16.3. The summed E-state index contributed by atoms with van der Waals surface area (Å²) in [6, 6.07) is 16.0. The zero-order chi connectivity index (χ0) is 18.3. The van der Waals surface area contributed by atoms with E-state index < -0.39 is 17.9 Å². The Morgan fingerprint density at radius 1 is 1.04 bits per heavy atom. The number of benzene rings is 2. The Bertz CT molecular complexity index is 883. The first-order valence-electron chi connectivity index (χ1n) is 8.27. The summed E-state index contributed by atoms with van der Waals surface area (Å²) >= 11 is 0. The molecule has 1 aliphatic carbocycles. The van der Waals surface area contributed by atoms with E-state index in [-0.39, 0.29) is 31.2 Å². The van der Waals surface area contributed by atoms with Crippen LogP contribution in [0.3, 0.4) is 0 Å². The lowest BCUT2D eigenvalue weighted by atomic mass is 9.98. The van der Waals surface area contributed by atoms with E-state index in [1.807, 2.05) is 36.4 Å². The quantitative estimate of drug-likeness (QED) is 0.857. The van der Waals surface area contributed by atoms with Gasteiger partial charge in [0.2, 0.25) is 5.83 Å². The molecular formula is C20H16FNO4.